The second-order valence-electron chi connectivity index (χ2n) is 10.2. The Balaban J connectivity index is 1.41. The van der Waals surface area contributed by atoms with Crippen LogP contribution in [0.15, 0.2) is 48.5 Å². The Hall–Kier alpha value is -2.95. The van der Waals surface area contributed by atoms with Crippen molar-refractivity contribution in [3.8, 4) is 0 Å². The molecule has 2 aromatic heterocycles. The van der Waals surface area contributed by atoms with Crippen LogP contribution in [0, 0.1) is 11.3 Å². The Kier molecular flexibility index (Phi) is 6.30. The fourth-order valence-electron chi connectivity index (χ4n) is 5.55. The summed E-state index contributed by atoms with van der Waals surface area (Å²) in [4.78, 5) is 18.5. The van der Waals surface area contributed by atoms with Crippen LogP contribution in [-0.4, -0.2) is 21.0 Å². The van der Waals surface area contributed by atoms with Gasteiger partial charge in [0.2, 0.25) is 0 Å². The third-order valence-corrected chi connectivity index (χ3v) is 7.55. The highest BCUT2D eigenvalue weighted by Gasteiger charge is 2.35. The lowest BCUT2D eigenvalue weighted by atomic mass is 9.71. The summed E-state index contributed by atoms with van der Waals surface area (Å²) in [5.74, 6) is 2.55. The lowest BCUT2D eigenvalue weighted by Crippen LogP contribution is -2.33. The number of hydrogen-bond acceptors (Lipinski definition) is 4. The third kappa shape index (κ3) is 5.02. The molecule has 0 radical (unpaired) electrons. The number of aryl methyl sites for hydroxylation is 1. The maximum Gasteiger partial charge on any atom is 0.156 e. The number of aromatic nitrogens is 3. The van der Waals surface area contributed by atoms with Gasteiger partial charge in [0, 0.05) is 28.8 Å². The third-order valence-electron chi connectivity index (χ3n) is 7.55. The first-order chi connectivity index (χ1) is 16.1. The van der Waals surface area contributed by atoms with Crippen LogP contribution >= 0.6 is 0 Å². The number of benzene rings is 1. The van der Waals surface area contributed by atoms with Crippen molar-refractivity contribution in [1.82, 2.24) is 15.2 Å². The van der Waals surface area contributed by atoms with Gasteiger partial charge in [-0.15, -0.1) is 0 Å². The smallest absolute Gasteiger partial charge is 0.156 e. The molecule has 2 N–H and O–H groups in total. The Morgan fingerprint density at radius 1 is 1.00 bits per heavy atom. The summed E-state index contributed by atoms with van der Waals surface area (Å²) in [5.41, 5.74) is 4.48. The van der Waals surface area contributed by atoms with Crippen molar-refractivity contribution in [1.29, 1.82) is 0 Å². The molecule has 0 saturated carbocycles. The molecular formula is C28H34N4O. The van der Waals surface area contributed by atoms with E-state index in [4.69, 9.17) is 4.98 Å². The number of H-pyrrole nitrogens is 1. The van der Waals surface area contributed by atoms with Crippen LogP contribution < -0.4 is 5.32 Å². The maximum atomic E-state index is 13.7. The highest BCUT2D eigenvalue weighted by Crippen LogP contribution is 2.37. The average molecular weight is 443 g/mol. The Morgan fingerprint density at radius 2 is 1.88 bits per heavy atom. The summed E-state index contributed by atoms with van der Waals surface area (Å²) >= 11 is 0. The summed E-state index contributed by atoms with van der Waals surface area (Å²) in [7, 11) is 0. The predicted molar refractivity (Wildman–Crippen MR) is 132 cm³/mol. The molecule has 3 aromatic rings. The fraction of sp³-hybridized carbons (Fsp3) is 0.464. The summed E-state index contributed by atoms with van der Waals surface area (Å²) in [5, 5.41) is 11.2. The fourth-order valence-corrected chi connectivity index (χ4v) is 5.55. The highest BCUT2D eigenvalue weighted by atomic mass is 16.1. The number of aromatic amines is 1. The van der Waals surface area contributed by atoms with Crippen LogP contribution in [0.4, 0.5) is 11.6 Å². The largest absolute Gasteiger partial charge is 0.323 e. The molecule has 33 heavy (non-hydrogen) atoms. The summed E-state index contributed by atoms with van der Waals surface area (Å²) in [6.07, 6.45) is 9.54. The maximum absolute atomic E-state index is 13.7. The molecule has 1 aliphatic carbocycles. The molecule has 5 nitrogen and oxygen atoms in total. The first-order valence-electron chi connectivity index (χ1n) is 12.5. The zero-order valence-electron chi connectivity index (χ0n) is 19.6. The molecule has 2 aliphatic heterocycles. The van der Waals surface area contributed by atoms with Gasteiger partial charge in [-0.2, -0.15) is 5.10 Å². The van der Waals surface area contributed by atoms with E-state index in [9.17, 15) is 4.79 Å². The molecule has 6 rings (SSSR count). The average Bonchev–Trinajstić information content (AvgIpc) is 3.21. The van der Waals surface area contributed by atoms with Gasteiger partial charge in [-0.3, -0.25) is 9.89 Å². The summed E-state index contributed by atoms with van der Waals surface area (Å²) < 4.78 is 0. The Bertz CT molecular complexity index is 1110. The van der Waals surface area contributed by atoms with E-state index in [1.807, 2.05) is 12.1 Å². The van der Waals surface area contributed by atoms with E-state index >= 15 is 0 Å². The van der Waals surface area contributed by atoms with E-state index in [1.54, 1.807) is 0 Å². The van der Waals surface area contributed by atoms with Gasteiger partial charge in [0.05, 0.1) is 0 Å². The molecule has 2 atom stereocenters. The lowest BCUT2D eigenvalue weighted by molar-refractivity contribution is -0.129. The number of carbonyl (C=O) groups is 1. The topological polar surface area (TPSA) is 70.7 Å². The van der Waals surface area contributed by atoms with Gasteiger partial charge in [0.15, 0.2) is 5.82 Å². The number of Topliss-reactive ketones (excluding diaryl/α,β-unsaturated/α-hetero) is 1. The monoisotopic (exact) mass is 442 g/mol. The molecule has 0 fully saturated rings. The minimum atomic E-state index is -0.311. The van der Waals surface area contributed by atoms with Crippen LogP contribution in [0.1, 0.15) is 68.0 Å². The molecule has 6 bridgehead atoms. The number of nitrogens with one attached hydrogen (secondary N) is 2. The van der Waals surface area contributed by atoms with Crippen LogP contribution in [0.25, 0.3) is 0 Å². The second-order valence-corrected chi connectivity index (χ2v) is 10.2. The van der Waals surface area contributed by atoms with E-state index in [2.05, 4.69) is 58.8 Å². The van der Waals surface area contributed by atoms with Gasteiger partial charge in [-0.1, -0.05) is 56.2 Å². The van der Waals surface area contributed by atoms with Gasteiger partial charge >= 0.3 is 0 Å². The number of hydrogen-bond donors (Lipinski definition) is 2. The van der Waals surface area contributed by atoms with Crippen LogP contribution in [-0.2, 0) is 30.5 Å². The summed E-state index contributed by atoms with van der Waals surface area (Å²) in [6, 6.07) is 16.7. The predicted octanol–water partition coefficient (Wildman–Crippen LogP) is 5.98. The number of pyridine rings is 1. The van der Waals surface area contributed by atoms with Crippen molar-refractivity contribution in [3.63, 3.8) is 0 Å². The number of nitrogens with zero attached hydrogens (tertiary/aromatic N) is 2. The van der Waals surface area contributed by atoms with Crippen molar-refractivity contribution >= 4 is 17.4 Å². The zero-order chi connectivity index (χ0) is 22.7. The molecule has 4 heterocycles. The van der Waals surface area contributed by atoms with Crippen molar-refractivity contribution in [2.24, 2.45) is 11.3 Å². The molecule has 0 amide bonds. The van der Waals surface area contributed by atoms with Gasteiger partial charge < -0.3 is 5.32 Å². The van der Waals surface area contributed by atoms with Gasteiger partial charge in [-0.05, 0) is 68.6 Å². The van der Waals surface area contributed by atoms with Crippen molar-refractivity contribution in [2.75, 3.05) is 5.32 Å². The molecule has 5 heteroatoms. The van der Waals surface area contributed by atoms with E-state index in [1.165, 1.54) is 16.8 Å². The Morgan fingerprint density at radius 3 is 2.76 bits per heavy atom. The number of anilines is 2. The number of rotatable bonds is 2. The molecule has 1 aromatic carbocycles. The molecule has 172 valence electrons. The number of fused-ring (bicyclic) bond motifs is 8. The van der Waals surface area contributed by atoms with Crippen LogP contribution in [0.3, 0.4) is 0 Å². The van der Waals surface area contributed by atoms with Gasteiger partial charge in [0.25, 0.3) is 0 Å². The molecule has 2 unspecified atom stereocenters. The standard InChI is InChI=1S/C28H34N4O/c1-28(19-20-9-4-2-5-10-20)16-7-3-6-11-22-12-8-13-26(29-22)30-27-23-15-14-21(18-25(28)33)17-24(23)31-32-27/h2,4-5,8-10,12-13,21H,3,6-7,11,14-19H2,1H3,(H2,29,30,31,32). The van der Waals surface area contributed by atoms with Crippen molar-refractivity contribution in [3.05, 3.63) is 71.0 Å². The SMILES string of the molecule is CC1(Cc2ccccc2)CCCCCc2cccc(n2)Nc2n[nH]c3c2CCC(CC1=O)C3. The van der Waals surface area contributed by atoms with Gasteiger partial charge in [0.1, 0.15) is 11.6 Å². The second kappa shape index (κ2) is 9.50. The Labute approximate surface area is 196 Å². The van der Waals surface area contributed by atoms with Crippen LogP contribution in [0.2, 0.25) is 0 Å². The van der Waals surface area contributed by atoms with Crippen molar-refractivity contribution < 1.29 is 4.79 Å². The molecule has 0 spiro atoms. The van der Waals surface area contributed by atoms with E-state index in [0.29, 0.717) is 18.1 Å². The molecule has 3 aliphatic rings. The normalized spacial score (nSPS) is 23.7. The van der Waals surface area contributed by atoms with Gasteiger partial charge in [-0.25, -0.2) is 4.98 Å². The minimum absolute atomic E-state index is 0.311. The quantitative estimate of drug-likeness (QED) is 0.512. The van der Waals surface area contributed by atoms with Crippen molar-refractivity contribution in [2.45, 2.75) is 71.1 Å². The molecular weight excluding hydrogens is 408 g/mol. The lowest BCUT2D eigenvalue weighted by Gasteiger charge is -2.31. The summed E-state index contributed by atoms with van der Waals surface area (Å²) in [6.45, 7) is 2.20. The molecule has 0 saturated heterocycles. The number of ketones is 1. The first kappa shape index (κ1) is 21.9. The first-order valence-corrected chi connectivity index (χ1v) is 12.5. The zero-order valence-corrected chi connectivity index (χ0v) is 19.6. The highest BCUT2D eigenvalue weighted by molar-refractivity contribution is 5.85. The minimum Gasteiger partial charge on any atom is -0.323 e. The van der Waals surface area contributed by atoms with E-state index in [0.717, 1.165) is 75.1 Å². The van der Waals surface area contributed by atoms with Crippen LogP contribution in [0.5, 0.6) is 0 Å². The van der Waals surface area contributed by atoms with E-state index in [-0.39, 0.29) is 5.41 Å². The number of carbonyl (C=O) groups excluding carboxylic acids is 1. The van der Waals surface area contributed by atoms with E-state index < -0.39 is 0 Å².